The van der Waals surface area contributed by atoms with Crippen molar-refractivity contribution in [3.05, 3.63) is 125 Å². The Morgan fingerprint density at radius 3 is 2.18 bits per heavy atom. The van der Waals surface area contributed by atoms with Gasteiger partial charge in [-0.15, -0.1) is 0 Å². The van der Waals surface area contributed by atoms with E-state index in [0.29, 0.717) is 5.56 Å². The maximum Gasteiger partial charge on any atom is 0.416 e. The summed E-state index contributed by atoms with van der Waals surface area (Å²) in [5.41, 5.74) is 10.5. The largest absolute Gasteiger partial charge is 0.416 e. The van der Waals surface area contributed by atoms with Crippen LogP contribution in [0.3, 0.4) is 0 Å². The van der Waals surface area contributed by atoms with E-state index in [0.717, 1.165) is 45.5 Å². The van der Waals surface area contributed by atoms with E-state index in [-0.39, 0.29) is 0 Å². The van der Waals surface area contributed by atoms with Gasteiger partial charge < -0.3 is 5.73 Å². The number of fused-ring (bicyclic) bond motifs is 1. The highest BCUT2D eigenvalue weighted by molar-refractivity contribution is 5.67. The summed E-state index contributed by atoms with van der Waals surface area (Å²) in [4.78, 5) is 4.31. The summed E-state index contributed by atoms with van der Waals surface area (Å²) in [5.74, 6) is 0. The van der Waals surface area contributed by atoms with Crippen molar-refractivity contribution in [3.63, 3.8) is 0 Å². The van der Waals surface area contributed by atoms with Crippen LogP contribution in [0.5, 0.6) is 0 Å². The zero-order valence-corrected chi connectivity index (χ0v) is 18.8. The molecule has 0 aliphatic carbocycles. The van der Waals surface area contributed by atoms with E-state index in [1.807, 2.05) is 56.3 Å². The van der Waals surface area contributed by atoms with Crippen LogP contribution in [0.4, 0.5) is 13.2 Å². The number of alkyl halides is 3. The van der Waals surface area contributed by atoms with Gasteiger partial charge >= 0.3 is 6.18 Å². The van der Waals surface area contributed by atoms with E-state index >= 15 is 0 Å². The molecule has 0 saturated heterocycles. The molecule has 3 nitrogen and oxygen atoms in total. The highest BCUT2D eigenvalue weighted by atomic mass is 19.4. The standard InChI is InChI=1S/C28H24F3N3/c1-18-14-20(17-33-16-18)19-6-5-7-23(15-19)27(21-10-12-22(13-11-21)28(29,30)31)25-9-4-3-8-24(25)26(2,32)34-27/h3-17,34H,32H2,1-2H3. The van der Waals surface area contributed by atoms with E-state index in [2.05, 4.69) is 22.4 Å². The minimum atomic E-state index is -4.41. The van der Waals surface area contributed by atoms with Crippen molar-refractivity contribution < 1.29 is 13.2 Å². The van der Waals surface area contributed by atoms with Crippen LogP contribution in [0, 0.1) is 6.92 Å². The molecule has 0 amide bonds. The van der Waals surface area contributed by atoms with E-state index in [4.69, 9.17) is 5.73 Å². The zero-order valence-electron chi connectivity index (χ0n) is 18.8. The van der Waals surface area contributed by atoms with Crippen LogP contribution in [-0.2, 0) is 17.4 Å². The molecule has 6 heteroatoms. The molecule has 3 N–H and O–H groups in total. The highest BCUT2D eigenvalue weighted by Gasteiger charge is 2.50. The summed E-state index contributed by atoms with van der Waals surface area (Å²) in [6.07, 6.45) is -0.807. The summed E-state index contributed by atoms with van der Waals surface area (Å²) in [7, 11) is 0. The van der Waals surface area contributed by atoms with E-state index in [1.165, 1.54) is 12.1 Å². The van der Waals surface area contributed by atoms with Crippen molar-refractivity contribution in [2.75, 3.05) is 0 Å². The van der Waals surface area contributed by atoms with E-state index in [9.17, 15) is 13.2 Å². The fourth-order valence-electron chi connectivity index (χ4n) is 4.96. The van der Waals surface area contributed by atoms with Crippen LogP contribution in [0.15, 0.2) is 91.3 Å². The first-order valence-electron chi connectivity index (χ1n) is 11.0. The van der Waals surface area contributed by atoms with Gasteiger partial charge in [-0.2, -0.15) is 13.2 Å². The number of nitrogens with two attached hydrogens (primary N) is 1. The molecule has 2 heterocycles. The second-order valence-corrected chi connectivity index (χ2v) is 9.03. The Morgan fingerprint density at radius 2 is 1.50 bits per heavy atom. The molecule has 1 aliphatic heterocycles. The minimum absolute atomic E-state index is 0.682. The van der Waals surface area contributed by atoms with Crippen molar-refractivity contribution in [2.45, 2.75) is 31.2 Å². The molecule has 0 saturated carbocycles. The lowest BCUT2D eigenvalue weighted by Crippen LogP contribution is -2.52. The van der Waals surface area contributed by atoms with Crippen molar-refractivity contribution in [1.29, 1.82) is 0 Å². The third kappa shape index (κ3) is 3.59. The molecule has 0 bridgehead atoms. The molecule has 2 unspecified atom stereocenters. The minimum Gasteiger partial charge on any atom is -0.310 e. The van der Waals surface area contributed by atoms with Crippen LogP contribution < -0.4 is 11.1 Å². The lowest BCUT2D eigenvalue weighted by Gasteiger charge is -2.35. The second kappa shape index (κ2) is 7.79. The van der Waals surface area contributed by atoms with Crippen LogP contribution in [0.2, 0.25) is 0 Å². The summed E-state index contributed by atoms with van der Waals surface area (Å²) in [5, 5.41) is 3.57. The lowest BCUT2D eigenvalue weighted by atomic mass is 9.77. The predicted octanol–water partition coefficient (Wildman–Crippen LogP) is 6.10. The Bertz CT molecular complexity index is 1360. The molecular formula is C28H24F3N3. The molecule has 1 aromatic heterocycles. The van der Waals surface area contributed by atoms with Crippen LogP contribution >= 0.6 is 0 Å². The number of rotatable bonds is 3. The van der Waals surface area contributed by atoms with E-state index in [1.54, 1.807) is 12.4 Å². The molecule has 0 spiro atoms. The van der Waals surface area contributed by atoms with Gasteiger partial charge in [0, 0.05) is 18.0 Å². The number of aromatic nitrogens is 1. The monoisotopic (exact) mass is 459 g/mol. The van der Waals surface area contributed by atoms with Crippen molar-refractivity contribution in [3.8, 4) is 11.1 Å². The summed E-state index contributed by atoms with van der Waals surface area (Å²) >= 11 is 0. The fraction of sp³-hybridized carbons (Fsp3) is 0.179. The number of nitrogens with one attached hydrogen (secondary N) is 1. The number of pyridine rings is 1. The average molecular weight is 460 g/mol. The highest BCUT2D eigenvalue weighted by Crippen LogP contribution is 2.48. The molecule has 5 rings (SSSR count). The number of aryl methyl sites for hydroxylation is 1. The molecule has 172 valence electrons. The van der Waals surface area contributed by atoms with Crippen molar-refractivity contribution in [1.82, 2.24) is 10.3 Å². The van der Waals surface area contributed by atoms with Crippen molar-refractivity contribution in [2.24, 2.45) is 5.73 Å². The van der Waals surface area contributed by atoms with Gasteiger partial charge in [0.1, 0.15) is 0 Å². The first-order valence-corrected chi connectivity index (χ1v) is 11.0. The summed E-state index contributed by atoms with van der Waals surface area (Å²) < 4.78 is 39.9. The van der Waals surface area contributed by atoms with Gasteiger partial charge in [-0.3, -0.25) is 10.3 Å². The Labute approximate surface area is 196 Å². The third-order valence-corrected chi connectivity index (χ3v) is 6.49. The molecule has 34 heavy (non-hydrogen) atoms. The normalized spacial score (nSPS) is 21.9. The van der Waals surface area contributed by atoms with Crippen LogP contribution in [-0.4, -0.2) is 4.98 Å². The van der Waals surface area contributed by atoms with Crippen LogP contribution in [0.25, 0.3) is 11.1 Å². The van der Waals surface area contributed by atoms with Gasteiger partial charge in [0.25, 0.3) is 0 Å². The van der Waals surface area contributed by atoms with Gasteiger partial charge in [-0.25, -0.2) is 0 Å². The quantitative estimate of drug-likeness (QED) is 0.389. The maximum atomic E-state index is 13.3. The number of hydrogen-bond donors (Lipinski definition) is 2. The predicted molar refractivity (Wildman–Crippen MR) is 127 cm³/mol. The molecular weight excluding hydrogens is 435 g/mol. The Hall–Kier alpha value is -3.48. The second-order valence-electron chi connectivity index (χ2n) is 9.03. The third-order valence-electron chi connectivity index (χ3n) is 6.49. The topological polar surface area (TPSA) is 50.9 Å². The summed E-state index contributed by atoms with van der Waals surface area (Å²) in [6, 6.07) is 23.2. The number of nitrogens with zero attached hydrogens (tertiary/aromatic N) is 1. The molecule has 4 aromatic rings. The number of halogens is 3. The summed E-state index contributed by atoms with van der Waals surface area (Å²) in [6.45, 7) is 3.87. The van der Waals surface area contributed by atoms with Gasteiger partial charge in [-0.1, -0.05) is 54.6 Å². The zero-order chi connectivity index (χ0) is 24.1. The molecule has 3 aromatic carbocycles. The molecule has 0 fully saturated rings. The maximum absolute atomic E-state index is 13.3. The molecule has 1 aliphatic rings. The van der Waals surface area contributed by atoms with Gasteiger partial charge in [0.15, 0.2) is 0 Å². The SMILES string of the molecule is Cc1cncc(-c2cccc(C3(c4ccc(C(F)(F)F)cc4)NC(C)(N)c4ccccc43)c2)c1. The Morgan fingerprint density at radius 1 is 0.794 bits per heavy atom. The molecule has 0 radical (unpaired) electrons. The lowest BCUT2D eigenvalue weighted by molar-refractivity contribution is -0.137. The Balaban J connectivity index is 1.76. The number of hydrogen-bond acceptors (Lipinski definition) is 3. The first-order chi connectivity index (χ1) is 16.1. The fourth-order valence-corrected chi connectivity index (χ4v) is 4.96. The van der Waals surface area contributed by atoms with E-state index < -0.39 is 22.9 Å². The first kappa shape index (κ1) is 22.3. The van der Waals surface area contributed by atoms with Gasteiger partial charge in [0.05, 0.1) is 16.8 Å². The van der Waals surface area contributed by atoms with Gasteiger partial charge in [0.2, 0.25) is 0 Å². The number of benzene rings is 3. The smallest absolute Gasteiger partial charge is 0.310 e. The van der Waals surface area contributed by atoms with Gasteiger partial charge in [-0.05, 0) is 71.5 Å². The van der Waals surface area contributed by atoms with Crippen LogP contribution in [0.1, 0.15) is 40.3 Å². The Kier molecular flexibility index (Phi) is 5.11. The van der Waals surface area contributed by atoms with Crippen molar-refractivity contribution >= 4 is 0 Å². The average Bonchev–Trinajstić information content (AvgIpc) is 3.07. The molecule has 2 atom stereocenters.